The molecule has 0 aromatic heterocycles. The van der Waals surface area contributed by atoms with Crippen LogP contribution in [0.5, 0.6) is 0 Å². The first-order valence-corrected chi connectivity index (χ1v) is 9.31. The Kier molecular flexibility index (Phi) is 8.00. The highest BCUT2D eigenvalue weighted by molar-refractivity contribution is 5.92. The second kappa shape index (κ2) is 10.5. The number of rotatable bonds is 7. The molecule has 27 heavy (non-hydrogen) atoms. The van der Waals surface area contributed by atoms with Gasteiger partial charge in [0.25, 0.3) is 0 Å². The fourth-order valence-electron chi connectivity index (χ4n) is 2.80. The van der Waals surface area contributed by atoms with Gasteiger partial charge in [-0.25, -0.2) is 0 Å². The standard InChI is InChI=1S/C20H28N4O3/c1-3-10-21-19(26)15-23-11-13-24(14-12-23)20(27)9-6-17-4-7-18(8-5-17)22-16(2)25/h4-9H,3,10-15H2,1-2H3,(H,21,26)(H,22,25)/b9-6-. The van der Waals surface area contributed by atoms with Crippen LogP contribution in [0.4, 0.5) is 5.69 Å². The van der Waals surface area contributed by atoms with Crippen LogP contribution >= 0.6 is 0 Å². The average Bonchev–Trinajstić information content (AvgIpc) is 2.65. The Morgan fingerprint density at radius 3 is 2.33 bits per heavy atom. The molecule has 146 valence electrons. The summed E-state index contributed by atoms with van der Waals surface area (Å²) < 4.78 is 0. The summed E-state index contributed by atoms with van der Waals surface area (Å²) in [4.78, 5) is 39.0. The predicted molar refractivity (Wildman–Crippen MR) is 106 cm³/mol. The molecule has 0 atom stereocenters. The van der Waals surface area contributed by atoms with Crippen LogP contribution in [0.3, 0.4) is 0 Å². The predicted octanol–water partition coefficient (Wildman–Crippen LogP) is 1.33. The number of nitrogens with zero attached hydrogens (tertiary/aromatic N) is 2. The van der Waals surface area contributed by atoms with Crippen LogP contribution in [-0.4, -0.2) is 66.8 Å². The van der Waals surface area contributed by atoms with Gasteiger partial charge in [-0.05, 0) is 30.2 Å². The fourth-order valence-corrected chi connectivity index (χ4v) is 2.80. The molecular weight excluding hydrogens is 344 g/mol. The lowest BCUT2D eigenvalue weighted by Gasteiger charge is -2.33. The summed E-state index contributed by atoms with van der Waals surface area (Å²) in [6.07, 6.45) is 4.26. The van der Waals surface area contributed by atoms with Crippen LogP contribution < -0.4 is 10.6 Å². The van der Waals surface area contributed by atoms with E-state index in [1.54, 1.807) is 29.2 Å². The van der Waals surface area contributed by atoms with Gasteiger partial charge in [0, 0.05) is 51.4 Å². The third kappa shape index (κ3) is 7.22. The third-order valence-corrected chi connectivity index (χ3v) is 4.27. The van der Waals surface area contributed by atoms with Crippen molar-refractivity contribution in [2.75, 3.05) is 44.6 Å². The minimum absolute atomic E-state index is 0.0315. The first-order chi connectivity index (χ1) is 13.0. The zero-order chi connectivity index (χ0) is 19.6. The van der Waals surface area contributed by atoms with Gasteiger partial charge >= 0.3 is 0 Å². The largest absolute Gasteiger partial charge is 0.355 e. The topological polar surface area (TPSA) is 81.8 Å². The maximum Gasteiger partial charge on any atom is 0.246 e. The van der Waals surface area contributed by atoms with Crippen LogP contribution in [0.15, 0.2) is 30.3 Å². The molecule has 1 aromatic rings. The molecule has 0 unspecified atom stereocenters. The van der Waals surface area contributed by atoms with Crippen LogP contribution in [0.1, 0.15) is 25.8 Å². The van der Waals surface area contributed by atoms with Crippen molar-refractivity contribution in [1.82, 2.24) is 15.1 Å². The van der Waals surface area contributed by atoms with Gasteiger partial charge < -0.3 is 15.5 Å². The van der Waals surface area contributed by atoms with E-state index in [1.165, 1.54) is 6.92 Å². The molecule has 1 saturated heterocycles. The van der Waals surface area contributed by atoms with Gasteiger partial charge in [0.1, 0.15) is 0 Å². The van der Waals surface area contributed by atoms with Crippen LogP contribution in [0, 0.1) is 0 Å². The summed E-state index contributed by atoms with van der Waals surface area (Å²) in [5.41, 5.74) is 1.62. The Morgan fingerprint density at radius 2 is 1.74 bits per heavy atom. The third-order valence-electron chi connectivity index (χ3n) is 4.27. The number of nitrogens with one attached hydrogen (secondary N) is 2. The van der Waals surface area contributed by atoms with Crippen LogP contribution in [-0.2, 0) is 14.4 Å². The minimum atomic E-state index is -0.115. The van der Waals surface area contributed by atoms with Gasteiger partial charge in [-0.15, -0.1) is 0 Å². The molecule has 1 fully saturated rings. The van der Waals surface area contributed by atoms with Gasteiger partial charge in [-0.1, -0.05) is 19.1 Å². The van der Waals surface area contributed by atoms with Gasteiger partial charge in [0.2, 0.25) is 17.7 Å². The smallest absolute Gasteiger partial charge is 0.246 e. The van der Waals surface area contributed by atoms with E-state index in [0.29, 0.717) is 39.3 Å². The average molecular weight is 372 g/mol. The monoisotopic (exact) mass is 372 g/mol. The van der Waals surface area contributed by atoms with Gasteiger partial charge in [-0.3, -0.25) is 19.3 Å². The first kappa shape index (κ1) is 20.6. The lowest BCUT2D eigenvalue weighted by molar-refractivity contribution is -0.128. The lowest BCUT2D eigenvalue weighted by Crippen LogP contribution is -2.50. The number of carbonyl (C=O) groups is 3. The fraction of sp³-hybridized carbons (Fsp3) is 0.450. The molecular formula is C20H28N4O3. The van der Waals surface area contributed by atoms with Crippen LogP contribution in [0.25, 0.3) is 6.08 Å². The Bertz CT molecular complexity index is 677. The van der Waals surface area contributed by atoms with Crippen molar-refractivity contribution in [3.63, 3.8) is 0 Å². The summed E-state index contributed by atoms with van der Waals surface area (Å²) in [6, 6.07) is 7.30. The van der Waals surface area contributed by atoms with Gasteiger partial charge in [-0.2, -0.15) is 0 Å². The molecule has 1 aliphatic rings. The van der Waals surface area contributed by atoms with Crippen molar-refractivity contribution in [2.24, 2.45) is 0 Å². The number of benzene rings is 1. The molecule has 2 N–H and O–H groups in total. The van der Waals surface area contributed by atoms with E-state index in [0.717, 1.165) is 17.7 Å². The molecule has 7 nitrogen and oxygen atoms in total. The summed E-state index contributed by atoms with van der Waals surface area (Å²) in [5, 5.41) is 5.58. The van der Waals surface area contributed by atoms with E-state index >= 15 is 0 Å². The van der Waals surface area contributed by atoms with E-state index < -0.39 is 0 Å². The molecule has 0 aliphatic carbocycles. The van der Waals surface area contributed by atoms with Gasteiger partial charge in [0.05, 0.1) is 6.54 Å². The number of carbonyl (C=O) groups excluding carboxylic acids is 3. The van der Waals surface area contributed by atoms with Crippen molar-refractivity contribution >= 4 is 29.5 Å². The minimum Gasteiger partial charge on any atom is -0.355 e. The Hall–Kier alpha value is -2.67. The second-order valence-corrected chi connectivity index (χ2v) is 6.59. The number of anilines is 1. The highest BCUT2D eigenvalue weighted by Gasteiger charge is 2.20. The molecule has 0 spiro atoms. The Labute approximate surface area is 160 Å². The van der Waals surface area contributed by atoms with Crippen molar-refractivity contribution in [2.45, 2.75) is 20.3 Å². The lowest BCUT2D eigenvalue weighted by atomic mass is 10.2. The molecule has 3 amide bonds. The van der Waals surface area contributed by atoms with E-state index in [1.807, 2.05) is 19.1 Å². The number of hydrogen-bond donors (Lipinski definition) is 2. The summed E-state index contributed by atoms with van der Waals surface area (Å²) in [7, 11) is 0. The molecule has 7 heteroatoms. The Morgan fingerprint density at radius 1 is 1.07 bits per heavy atom. The molecule has 1 aliphatic heterocycles. The van der Waals surface area contributed by atoms with E-state index in [2.05, 4.69) is 15.5 Å². The van der Waals surface area contributed by atoms with Crippen molar-refractivity contribution < 1.29 is 14.4 Å². The van der Waals surface area contributed by atoms with Crippen LogP contribution in [0.2, 0.25) is 0 Å². The van der Waals surface area contributed by atoms with E-state index in [9.17, 15) is 14.4 Å². The highest BCUT2D eigenvalue weighted by atomic mass is 16.2. The van der Waals surface area contributed by atoms with Crippen molar-refractivity contribution in [3.8, 4) is 0 Å². The molecule has 1 aromatic carbocycles. The van der Waals surface area contributed by atoms with E-state index in [-0.39, 0.29) is 17.7 Å². The summed E-state index contributed by atoms with van der Waals surface area (Å²) in [5.74, 6) is -0.106. The maximum absolute atomic E-state index is 12.3. The second-order valence-electron chi connectivity index (χ2n) is 6.59. The van der Waals surface area contributed by atoms with Crippen molar-refractivity contribution in [1.29, 1.82) is 0 Å². The Balaban J connectivity index is 1.77. The van der Waals surface area contributed by atoms with E-state index in [4.69, 9.17) is 0 Å². The number of piperazine rings is 1. The quantitative estimate of drug-likeness (QED) is 0.708. The highest BCUT2D eigenvalue weighted by Crippen LogP contribution is 2.11. The van der Waals surface area contributed by atoms with Gasteiger partial charge in [0.15, 0.2) is 0 Å². The SMILES string of the molecule is CCCNC(=O)CN1CCN(C(=O)/C=C\c2ccc(NC(C)=O)cc2)CC1. The normalized spacial score (nSPS) is 15.0. The zero-order valence-electron chi connectivity index (χ0n) is 16.0. The maximum atomic E-state index is 12.3. The first-order valence-electron chi connectivity index (χ1n) is 9.31. The molecule has 2 rings (SSSR count). The molecule has 1 heterocycles. The number of hydrogen-bond acceptors (Lipinski definition) is 4. The summed E-state index contributed by atoms with van der Waals surface area (Å²) >= 11 is 0. The summed E-state index contributed by atoms with van der Waals surface area (Å²) in [6.45, 7) is 7.21. The van der Waals surface area contributed by atoms with Crippen molar-refractivity contribution in [3.05, 3.63) is 35.9 Å². The molecule has 0 radical (unpaired) electrons. The molecule has 0 saturated carbocycles. The number of amides is 3. The zero-order valence-corrected chi connectivity index (χ0v) is 16.0. The molecule has 0 bridgehead atoms.